The van der Waals surface area contributed by atoms with Crippen LogP contribution < -0.4 is 0 Å². The van der Waals surface area contributed by atoms with Gasteiger partial charge in [0, 0.05) is 17.4 Å². The highest BCUT2D eigenvalue weighted by Crippen LogP contribution is 2.12. The quantitative estimate of drug-likeness (QED) is 0.643. The number of hydrogen-bond donors (Lipinski definition) is 0. The van der Waals surface area contributed by atoms with Crippen molar-refractivity contribution in [2.45, 2.75) is 32.6 Å². The Morgan fingerprint density at radius 2 is 2.00 bits per heavy atom. The lowest BCUT2D eigenvalue weighted by atomic mass is 10.1. The Kier molecular flexibility index (Phi) is 2.87. The summed E-state index contributed by atoms with van der Waals surface area (Å²) in [5, 5.41) is 0. The molecule has 0 bridgehead atoms. The molecule has 1 heteroatoms. The smallest absolute Gasteiger partial charge is 0.0452 e. The van der Waals surface area contributed by atoms with Crippen molar-refractivity contribution in [3.8, 4) is 0 Å². The molecule has 0 aliphatic carbocycles. The highest BCUT2D eigenvalue weighted by molar-refractivity contribution is 5.49. The van der Waals surface area contributed by atoms with E-state index in [1.165, 1.54) is 36.9 Å². The Bertz CT molecular complexity index is 400. The number of unbranched alkanes of at least 4 members (excludes halogenated alkanes) is 2. The molecule has 2 heterocycles. The summed E-state index contributed by atoms with van der Waals surface area (Å²) in [4.78, 5) is 0. The van der Waals surface area contributed by atoms with E-state index < -0.39 is 0 Å². The molecular weight excluding hydrogens is 170 g/mol. The van der Waals surface area contributed by atoms with Crippen molar-refractivity contribution in [3.63, 3.8) is 0 Å². The summed E-state index contributed by atoms with van der Waals surface area (Å²) in [5.74, 6) is 0. The first-order chi connectivity index (χ1) is 6.92. The maximum atomic E-state index is 2.29. The average Bonchev–Trinajstić information content (AvgIpc) is 2.63. The first kappa shape index (κ1) is 9.32. The maximum Gasteiger partial charge on any atom is 0.0452 e. The number of aromatic nitrogens is 1. The Labute approximate surface area is 85.4 Å². The van der Waals surface area contributed by atoms with E-state index in [0.717, 1.165) is 0 Å². The minimum Gasteiger partial charge on any atom is -0.321 e. The van der Waals surface area contributed by atoms with Crippen LogP contribution >= 0.6 is 0 Å². The topological polar surface area (TPSA) is 4.41 Å². The van der Waals surface area contributed by atoms with Gasteiger partial charge < -0.3 is 4.40 Å². The van der Waals surface area contributed by atoms with E-state index in [2.05, 4.69) is 47.9 Å². The molecule has 0 saturated heterocycles. The molecule has 0 atom stereocenters. The number of nitrogens with zero attached hydrogens (tertiary/aromatic N) is 1. The van der Waals surface area contributed by atoms with Crippen molar-refractivity contribution in [2.75, 3.05) is 0 Å². The van der Waals surface area contributed by atoms with E-state index in [-0.39, 0.29) is 0 Å². The van der Waals surface area contributed by atoms with Crippen LogP contribution in [0, 0.1) is 0 Å². The normalized spacial score (nSPS) is 10.9. The van der Waals surface area contributed by atoms with Crippen molar-refractivity contribution < 1.29 is 0 Å². The van der Waals surface area contributed by atoms with Gasteiger partial charge in [-0.25, -0.2) is 0 Å². The molecule has 0 fully saturated rings. The van der Waals surface area contributed by atoms with E-state index in [9.17, 15) is 0 Å². The van der Waals surface area contributed by atoms with Gasteiger partial charge in [0.05, 0.1) is 0 Å². The summed E-state index contributed by atoms with van der Waals surface area (Å²) in [6.45, 7) is 2.25. The van der Waals surface area contributed by atoms with Crippen LogP contribution in [0.3, 0.4) is 0 Å². The molecule has 74 valence electrons. The van der Waals surface area contributed by atoms with Gasteiger partial charge in [-0.1, -0.05) is 25.8 Å². The summed E-state index contributed by atoms with van der Waals surface area (Å²) in [6, 6.07) is 10.8. The molecule has 0 saturated carbocycles. The lowest BCUT2D eigenvalue weighted by Gasteiger charge is -2.01. The van der Waals surface area contributed by atoms with Crippen LogP contribution in [0.5, 0.6) is 0 Å². The van der Waals surface area contributed by atoms with Gasteiger partial charge in [-0.15, -0.1) is 0 Å². The number of rotatable bonds is 4. The SMILES string of the molecule is CCCCCc1ccc2ccccn12. The Hall–Kier alpha value is -1.24. The van der Waals surface area contributed by atoms with Crippen molar-refractivity contribution in [1.82, 2.24) is 4.40 Å². The largest absolute Gasteiger partial charge is 0.321 e. The summed E-state index contributed by atoms with van der Waals surface area (Å²) < 4.78 is 2.29. The predicted octanol–water partition coefficient (Wildman–Crippen LogP) is 3.67. The fraction of sp³-hybridized carbons (Fsp3) is 0.385. The van der Waals surface area contributed by atoms with Crippen LogP contribution in [-0.2, 0) is 6.42 Å². The van der Waals surface area contributed by atoms with Crippen LogP contribution in [0.1, 0.15) is 31.9 Å². The lowest BCUT2D eigenvalue weighted by Crippen LogP contribution is -1.91. The summed E-state index contributed by atoms with van der Waals surface area (Å²) in [7, 11) is 0. The molecule has 0 radical (unpaired) electrons. The van der Waals surface area contributed by atoms with Crippen LogP contribution in [0.2, 0.25) is 0 Å². The summed E-state index contributed by atoms with van der Waals surface area (Å²) >= 11 is 0. The monoisotopic (exact) mass is 187 g/mol. The molecule has 0 aromatic carbocycles. The second-order valence-corrected chi connectivity index (χ2v) is 3.78. The standard InChI is InChI=1S/C13H17N/c1-2-3-4-7-12-9-10-13-8-5-6-11-14(12)13/h5-6,8-11H,2-4,7H2,1H3. The number of fused-ring (bicyclic) bond motifs is 1. The third kappa shape index (κ3) is 1.82. The molecule has 0 N–H and O–H groups in total. The molecule has 0 aliphatic heterocycles. The Morgan fingerprint density at radius 1 is 1.07 bits per heavy atom. The molecule has 0 spiro atoms. The van der Waals surface area contributed by atoms with Gasteiger partial charge in [-0.05, 0) is 37.1 Å². The van der Waals surface area contributed by atoms with E-state index in [1.54, 1.807) is 0 Å². The summed E-state index contributed by atoms with van der Waals surface area (Å²) in [5.41, 5.74) is 2.74. The second kappa shape index (κ2) is 4.32. The van der Waals surface area contributed by atoms with Crippen molar-refractivity contribution in [3.05, 3.63) is 42.2 Å². The second-order valence-electron chi connectivity index (χ2n) is 3.78. The maximum absolute atomic E-state index is 2.29. The Balaban J connectivity index is 2.17. The third-order valence-electron chi connectivity index (χ3n) is 2.68. The van der Waals surface area contributed by atoms with Gasteiger partial charge in [0.15, 0.2) is 0 Å². The molecular formula is C13H17N. The van der Waals surface area contributed by atoms with Crippen molar-refractivity contribution in [2.24, 2.45) is 0 Å². The van der Waals surface area contributed by atoms with E-state index >= 15 is 0 Å². The average molecular weight is 187 g/mol. The highest BCUT2D eigenvalue weighted by Gasteiger charge is 1.99. The zero-order chi connectivity index (χ0) is 9.80. The van der Waals surface area contributed by atoms with Gasteiger partial charge in [0.25, 0.3) is 0 Å². The van der Waals surface area contributed by atoms with Gasteiger partial charge in [0.1, 0.15) is 0 Å². The van der Waals surface area contributed by atoms with Gasteiger partial charge >= 0.3 is 0 Å². The zero-order valence-corrected chi connectivity index (χ0v) is 8.74. The van der Waals surface area contributed by atoms with Gasteiger partial charge in [-0.3, -0.25) is 0 Å². The van der Waals surface area contributed by atoms with Gasteiger partial charge in [0.2, 0.25) is 0 Å². The molecule has 1 nitrogen and oxygen atoms in total. The molecule has 0 aliphatic rings. The fourth-order valence-electron chi connectivity index (χ4n) is 1.88. The predicted molar refractivity (Wildman–Crippen MR) is 60.6 cm³/mol. The molecule has 14 heavy (non-hydrogen) atoms. The first-order valence-corrected chi connectivity index (χ1v) is 5.47. The summed E-state index contributed by atoms with van der Waals surface area (Å²) in [6.07, 6.45) is 7.28. The van der Waals surface area contributed by atoms with Crippen LogP contribution in [0.4, 0.5) is 0 Å². The highest BCUT2D eigenvalue weighted by atomic mass is 14.9. The van der Waals surface area contributed by atoms with E-state index in [4.69, 9.17) is 0 Å². The number of hydrogen-bond acceptors (Lipinski definition) is 0. The number of pyridine rings is 1. The first-order valence-electron chi connectivity index (χ1n) is 5.47. The minimum absolute atomic E-state index is 1.20. The van der Waals surface area contributed by atoms with Crippen LogP contribution in [0.25, 0.3) is 5.52 Å². The van der Waals surface area contributed by atoms with E-state index in [1.807, 2.05) is 0 Å². The van der Waals surface area contributed by atoms with Crippen molar-refractivity contribution in [1.29, 1.82) is 0 Å². The molecule has 2 aromatic heterocycles. The third-order valence-corrected chi connectivity index (χ3v) is 2.68. The zero-order valence-electron chi connectivity index (χ0n) is 8.74. The van der Waals surface area contributed by atoms with Crippen molar-refractivity contribution >= 4 is 5.52 Å². The molecule has 0 unspecified atom stereocenters. The molecule has 0 amide bonds. The van der Waals surface area contributed by atoms with Gasteiger partial charge in [-0.2, -0.15) is 0 Å². The van der Waals surface area contributed by atoms with Crippen LogP contribution in [0.15, 0.2) is 36.5 Å². The molecule has 2 rings (SSSR count). The number of aryl methyl sites for hydroxylation is 1. The van der Waals surface area contributed by atoms with Crippen LogP contribution in [-0.4, -0.2) is 4.40 Å². The lowest BCUT2D eigenvalue weighted by molar-refractivity contribution is 0.704. The minimum atomic E-state index is 1.20. The molecule has 2 aromatic rings. The fourth-order valence-corrected chi connectivity index (χ4v) is 1.88. The van der Waals surface area contributed by atoms with E-state index in [0.29, 0.717) is 0 Å². The Morgan fingerprint density at radius 3 is 2.86 bits per heavy atom.